The highest BCUT2D eigenvalue weighted by molar-refractivity contribution is 5.71. The lowest BCUT2D eigenvalue weighted by Crippen LogP contribution is -1.91. The van der Waals surface area contributed by atoms with E-state index >= 15 is 0 Å². The fraction of sp³-hybridized carbons (Fsp3) is 0. The summed E-state index contributed by atoms with van der Waals surface area (Å²) in [7, 11) is 0. The van der Waals surface area contributed by atoms with Crippen LogP contribution in [0.25, 0.3) is 22.6 Å². The second-order valence-corrected chi connectivity index (χ2v) is 4.08. The Labute approximate surface area is 114 Å². The molecule has 0 aliphatic heterocycles. The minimum Gasteiger partial charge on any atom is -0.444 e. The molecule has 0 spiro atoms. The number of aromatic nitrogens is 2. The molecule has 0 fully saturated rings. The number of rotatable bonds is 2. The number of benzene rings is 1. The fourth-order valence-electron chi connectivity index (χ4n) is 1.87. The number of oxazole rings is 1. The van der Waals surface area contributed by atoms with E-state index in [1.165, 1.54) is 24.6 Å². The second-order valence-electron chi connectivity index (χ2n) is 4.08. The molecule has 2 heterocycles. The maximum absolute atomic E-state index is 12.9. The zero-order valence-electron chi connectivity index (χ0n) is 10.2. The van der Waals surface area contributed by atoms with Crippen molar-refractivity contribution in [1.29, 1.82) is 5.26 Å². The third-order valence-electron chi connectivity index (χ3n) is 2.83. The maximum Gasteiger partial charge on any atom is 0.228 e. The molecule has 20 heavy (non-hydrogen) atoms. The summed E-state index contributed by atoms with van der Waals surface area (Å²) < 4.78 is 18.1. The summed E-state index contributed by atoms with van der Waals surface area (Å²) in [5.74, 6) is 0.0290. The number of nitriles is 1. The predicted octanol–water partition coefficient (Wildman–Crippen LogP) is 3.41. The van der Waals surface area contributed by atoms with Crippen molar-refractivity contribution in [1.82, 2.24) is 9.97 Å². The molecular weight excluding hydrogens is 257 g/mol. The van der Waals surface area contributed by atoms with Crippen LogP contribution in [-0.2, 0) is 0 Å². The van der Waals surface area contributed by atoms with Crippen molar-refractivity contribution in [2.24, 2.45) is 0 Å². The summed E-state index contributed by atoms with van der Waals surface area (Å²) in [6.07, 6.45) is 4.50. The first-order chi connectivity index (χ1) is 9.78. The molecule has 96 valence electrons. The van der Waals surface area contributed by atoms with E-state index in [1.807, 2.05) is 6.07 Å². The minimum absolute atomic E-state index is 0.235. The van der Waals surface area contributed by atoms with Gasteiger partial charge in [0.05, 0.1) is 11.8 Å². The van der Waals surface area contributed by atoms with Crippen LogP contribution in [0.3, 0.4) is 0 Å². The van der Waals surface area contributed by atoms with Crippen LogP contribution in [0.15, 0.2) is 53.4 Å². The zero-order chi connectivity index (χ0) is 13.9. The van der Waals surface area contributed by atoms with Gasteiger partial charge >= 0.3 is 0 Å². The van der Waals surface area contributed by atoms with Crippen molar-refractivity contribution in [3.63, 3.8) is 0 Å². The molecule has 0 unspecified atom stereocenters. The molecular formula is C15H8FN3O. The van der Waals surface area contributed by atoms with Crippen molar-refractivity contribution >= 4 is 0 Å². The van der Waals surface area contributed by atoms with E-state index < -0.39 is 0 Å². The van der Waals surface area contributed by atoms with Gasteiger partial charge in [0.15, 0.2) is 5.69 Å². The van der Waals surface area contributed by atoms with Gasteiger partial charge in [-0.3, -0.25) is 0 Å². The number of halogens is 1. The number of nitrogens with zero attached hydrogens (tertiary/aromatic N) is 3. The summed E-state index contributed by atoms with van der Waals surface area (Å²) in [4.78, 5) is 8.12. The Morgan fingerprint density at radius 2 is 1.90 bits per heavy atom. The lowest BCUT2D eigenvalue weighted by molar-refractivity contribution is 0.574. The summed E-state index contributed by atoms with van der Waals surface area (Å²) in [6.45, 7) is 0. The lowest BCUT2D eigenvalue weighted by atomic mass is 10.0. The predicted molar refractivity (Wildman–Crippen MR) is 69.8 cm³/mol. The van der Waals surface area contributed by atoms with Gasteiger partial charge in [0.25, 0.3) is 0 Å². The van der Waals surface area contributed by atoms with Gasteiger partial charge in [0.1, 0.15) is 18.1 Å². The third kappa shape index (κ3) is 2.15. The normalized spacial score (nSPS) is 10.2. The fourth-order valence-corrected chi connectivity index (χ4v) is 1.87. The molecule has 0 bridgehead atoms. The van der Waals surface area contributed by atoms with Crippen LogP contribution in [0.1, 0.15) is 5.69 Å². The number of hydrogen-bond donors (Lipinski definition) is 0. The summed E-state index contributed by atoms with van der Waals surface area (Å²) in [5.41, 5.74) is 2.31. The highest BCUT2D eigenvalue weighted by Gasteiger charge is 2.12. The van der Waals surface area contributed by atoms with Crippen LogP contribution < -0.4 is 0 Å². The number of pyridine rings is 1. The third-order valence-corrected chi connectivity index (χ3v) is 2.83. The molecule has 0 radical (unpaired) electrons. The lowest BCUT2D eigenvalue weighted by Gasteiger charge is -2.04. The summed E-state index contributed by atoms with van der Waals surface area (Å²) in [5, 5.41) is 9.08. The van der Waals surface area contributed by atoms with Crippen LogP contribution in [0.2, 0.25) is 0 Å². The molecule has 4 nitrogen and oxygen atoms in total. The van der Waals surface area contributed by atoms with E-state index in [4.69, 9.17) is 9.68 Å². The average Bonchev–Trinajstić information content (AvgIpc) is 3.01. The molecule has 0 aliphatic carbocycles. The zero-order valence-corrected chi connectivity index (χ0v) is 10.2. The molecule has 0 N–H and O–H groups in total. The minimum atomic E-state index is -0.303. The standard InChI is InChI=1S/C15H8FN3O/c16-12-3-1-10(2-4-12)11-7-13(14(8-17)19-9-11)15-18-5-6-20-15/h1-7,9H. The SMILES string of the molecule is N#Cc1ncc(-c2ccc(F)cc2)cc1-c1ncco1. The molecule has 2 aromatic heterocycles. The van der Waals surface area contributed by atoms with Gasteiger partial charge in [0.2, 0.25) is 5.89 Å². The van der Waals surface area contributed by atoms with Gasteiger partial charge in [-0.05, 0) is 23.8 Å². The van der Waals surface area contributed by atoms with Crippen LogP contribution in [-0.4, -0.2) is 9.97 Å². The number of hydrogen-bond acceptors (Lipinski definition) is 4. The van der Waals surface area contributed by atoms with E-state index in [1.54, 1.807) is 24.4 Å². The summed E-state index contributed by atoms with van der Waals surface area (Å²) in [6, 6.07) is 9.80. The van der Waals surface area contributed by atoms with E-state index in [9.17, 15) is 4.39 Å². The first-order valence-corrected chi connectivity index (χ1v) is 5.84. The average molecular weight is 265 g/mol. The molecule has 3 rings (SSSR count). The van der Waals surface area contributed by atoms with Crippen LogP contribution in [0.5, 0.6) is 0 Å². The van der Waals surface area contributed by atoms with Crippen molar-refractivity contribution in [2.75, 3.05) is 0 Å². The van der Waals surface area contributed by atoms with Crippen molar-refractivity contribution in [3.8, 4) is 28.7 Å². The smallest absolute Gasteiger partial charge is 0.228 e. The largest absolute Gasteiger partial charge is 0.444 e. The van der Waals surface area contributed by atoms with E-state index in [2.05, 4.69) is 9.97 Å². The van der Waals surface area contributed by atoms with Crippen LogP contribution >= 0.6 is 0 Å². The van der Waals surface area contributed by atoms with Gasteiger partial charge in [-0.2, -0.15) is 5.26 Å². The molecule has 0 saturated heterocycles. The Bertz CT molecular complexity index is 774. The van der Waals surface area contributed by atoms with Gasteiger partial charge in [0, 0.05) is 11.8 Å². The van der Waals surface area contributed by atoms with Crippen LogP contribution in [0.4, 0.5) is 4.39 Å². The van der Waals surface area contributed by atoms with Crippen LogP contribution in [0, 0.1) is 17.1 Å². The van der Waals surface area contributed by atoms with E-state index in [0.29, 0.717) is 11.5 Å². The monoisotopic (exact) mass is 265 g/mol. The van der Waals surface area contributed by atoms with Crippen molar-refractivity contribution < 1.29 is 8.81 Å². The first-order valence-electron chi connectivity index (χ1n) is 5.84. The van der Waals surface area contributed by atoms with Gasteiger partial charge in [-0.15, -0.1) is 0 Å². The topological polar surface area (TPSA) is 62.7 Å². The van der Waals surface area contributed by atoms with E-state index in [-0.39, 0.29) is 11.5 Å². The molecule has 0 atom stereocenters. The molecule has 1 aromatic carbocycles. The van der Waals surface area contributed by atoms with E-state index in [0.717, 1.165) is 11.1 Å². The molecule has 0 saturated carbocycles. The highest BCUT2D eigenvalue weighted by Crippen LogP contribution is 2.27. The Morgan fingerprint density at radius 3 is 2.55 bits per heavy atom. The van der Waals surface area contributed by atoms with Gasteiger partial charge in [-0.25, -0.2) is 14.4 Å². The Balaban J connectivity index is 2.13. The highest BCUT2D eigenvalue weighted by atomic mass is 19.1. The molecule has 5 heteroatoms. The van der Waals surface area contributed by atoms with Crippen molar-refractivity contribution in [3.05, 3.63) is 60.5 Å². The second kappa shape index (κ2) is 4.94. The molecule has 0 aliphatic rings. The van der Waals surface area contributed by atoms with Crippen molar-refractivity contribution in [2.45, 2.75) is 0 Å². The van der Waals surface area contributed by atoms with Gasteiger partial charge < -0.3 is 4.42 Å². The summed E-state index contributed by atoms with van der Waals surface area (Å²) >= 11 is 0. The Morgan fingerprint density at radius 1 is 1.10 bits per heavy atom. The molecule has 0 amide bonds. The Hall–Kier alpha value is -3.00. The molecule has 3 aromatic rings. The van der Waals surface area contributed by atoms with Gasteiger partial charge in [-0.1, -0.05) is 12.1 Å². The quantitative estimate of drug-likeness (QED) is 0.712. The first kappa shape index (κ1) is 12.1. The Kier molecular flexibility index (Phi) is 2.98. The maximum atomic E-state index is 12.9.